The molecule has 0 saturated carbocycles. The molecule has 118 valence electrons. The van der Waals surface area contributed by atoms with Crippen molar-refractivity contribution in [2.24, 2.45) is 0 Å². The maximum Gasteiger partial charge on any atom is 0.311 e. The SMILES string of the molecule is CCOC(=O)Cc1cn2c(C=O)c(-c3ccc(Br)cc3)nc2s1. The van der Waals surface area contributed by atoms with Crippen LogP contribution in [0, 0.1) is 0 Å². The van der Waals surface area contributed by atoms with Gasteiger partial charge in [-0.3, -0.25) is 14.0 Å². The van der Waals surface area contributed by atoms with Crippen molar-refractivity contribution in [3.8, 4) is 11.3 Å². The minimum atomic E-state index is -0.280. The van der Waals surface area contributed by atoms with Crippen LogP contribution in [-0.2, 0) is 16.0 Å². The molecule has 1 aromatic carbocycles. The first-order valence-corrected chi connectivity index (χ1v) is 8.60. The summed E-state index contributed by atoms with van der Waals surface area (Å²) in [5.41, 5.74) is 1.99. The van der Waals surface area contributed by atoms with Crippen LogP contribution in [0.4, 0.5) is 0 Å². The molecule has 0 aliphatic heterocycles. The number of aromatic nitrogens is 2. The van der Waals surface area contributed by atoms with E-state index in [1.807, 2.05) is 24.3 Å². The van der Waals surface area contributed by atoms with E-state index in [1.54, 1.807) is 17.5 Å². The molecule has 0 amide bonds. The van der Waals surface area contributed by atoms with Crippen LogP contribution >= 0.6 is 27.3 Å². The van der Waals surface area contributed by atoms with Gasteiger partial charge in [-0.25, -0.2) is 4.98 Å². The Bertz CT molecular complexity index is 867. The first-order chi connectivity index (χ1) is 11.1. The second kappa shape index (κ2) is 6.64. The quantitative estimate of drug-likeness (QED) is 0.490. The van der Waals surface area contributed by atoms with Crippen LogP contribution in [0.1, 0.15) is 22.3 Å². The molecule has 0 unspecified atom stereocenters. The molecule has 0 aliphatic carbocycles. The third-order valence-electron chi connectivity index (χ3n) is 3.26. The molecule has 7 heteroatoms. The fraction of sp³-hybridized carbons (Fsp3) is 0.188. The normalized spacial score (nSPS) is 10.9. The lowest BCUT2D eigenvalue weighted by atomic mass is 10.1. The number of nitrogens with zero attached hydrogens (tertiary/aromatic N) is 2. The van der Waals surface area contributed by atoms with Gasteiger partial charge in [-0.05, 0) is 19.1 Å². The fourth-order valence-electron chi connectivity index (χ4n) is 2.28. The zero-order valence-corrected chi connectivity index (χ0v) is 14.7. The van der Waals surface area contributed by atoms with Crippen molar-refractivity contribution >= 4 is 44.5 Å². The van der Waals surface area contributed by atoms with Crippen molar-refractivity contribution in [2.75, 3.05) is 6.61 Å². The lowest BCUT2D eigenvalue weighted by Crippen LogP contribution is -2.06. The minimum absolute atomic E-state index is 0.188. The number of rotatable bonds is 5. The Kier molecular flexibility index (Phi) is 4.58. The van der Waals surface area contributed by atoms with Crippen LogP contribution < -0.4 is 0 Å². The number of imidazole rings is 1. The van der Waals surface area contributed by atoms with Gasteiger partial charge in [0, 0.05) is 21.1 Å². The van der Waals surface area contributed by atoms with E-state index in [0.717, 1.165) is 21.2 Å². The van der Waals surface area contributed by atoms with E-state index < -0.39 is 0 Å². The molecule has 0 bridgehead atoms. The highest BCUT2D eigenvalue weighted by Gasteiger charge is 2.17. The van der Waals surface area contributed by atoms with Gasteiger partial charge in [-0.15, -0.1) is 11.3 Å². The van der Waals surface area contributed by atoms with Crippen LogP contribution in [0.15, 0.2) is 34.9 Å². The number of thiazole rings is 1. The van der Waals surface area contributed by atoms with Crippen molar-refractivity contribution in [1.82, 2.24) is 9.38 Å². The van der Waals surface area contributed by atoms with Crippen molar-refractivity contribution in [1.29, 1.82) is 0 Å². The summed E-state index contributed by atoms with van der Waals surface area (Å²) in [5.74, 6) is -0.280. The Morgan fingerprint density at radius 2 is 2.13 bits per heavy atom. The van der Waals surface area contributed by atoms with Crippen LogP contribution in [0.5, 0.6) is 0 Å². The van der Waals surface area contributed by atoms with E-state index in [4.69, 9.17) is 4.74 Å². The highest BCUT2D eigenvalue weighted by atomic mass is 79.9. The molecule has 23 heavy (non-hydrogen) atoms. The monoisotopic (exact) mass is 392 g/mol. The third-order valence-corrected chi connectivity index (χ3v) is 4.78. The summed E-state index contributed by atoms with van der Waals surface area (Å²) < 4.78 is 7.63. The average molecular weight is 393 g/mol. The van der Waals surface area contributed by atoms with Gasteiger partial charge in [-0.2, -0.15) is 0 Å². The molecule has 5 nitrogen and oxygen atoms in total. The Morgan fingerprint density at radius 3 is 2.78 bits per heavy atom. The Balaban J connectivity index is 1.99. The minimum Gasteiger partial charge on any atom is -0.466 e. The van der Waals surface area contributed by atoms with E-state index in [-0.39, 0.29) is 12.4 Å². The summed E-state index contributed by atoms with van der Waals surface area (Å²) in [6, 6.07) is 7.62. The molecule has 0 saturated heterocycles. The van der Waals surface area contributed by atoms with Gasteiger partial charge in [0.1, 0.15) is 11.4 Å². The third kappa shape index (κ3) is 3.20. The number of benzene rings is 1. The summed E-state index contributed by atoms with van der Waals surface area (Å²) in [4.78, 5) is 29.1. The predicted octanol–water partition coefficient (Wildman–Crippen LogP) is 3.74. The number of esters is 1. The maximum absolute atomic E-state index is 11.6. The predicted molar refractivity (Wildman–Crippen MR) is 91.9 cm³/mol. The molecular weight excluding hydrogens is 380 g/mol. The first-order valence-electron chi connectivity index (χ1n) is 7.00. The lowest BCUT2D eigenvalue weighted by Gasteiger charge is -2.00. The molecule has 0 radical (unpaired) electrons. The van der Waals surface area contributed by atoms with Crippen LogP contribution in [0.3, 0.4) is 0 Å². The van der Waals surface area contributed by atoms with Crippen molar-refractivity contribution < 1.29 is 14.3 Å². The molecule has 3 aromatic rings. The number of carbonyl (C=O) groups is 2. The lowest BCUT2D eigenvalue weighted by molar-refractivity contribution is -0.142. The second-order valence-electron chi connectivity index (χ2n) is 4.80. The smallest absolute Gasteiger partial charge is 0.311 e. The van der Waals surface area contributed by atoms with Crippen molar-refractivity contribution in [3.05, 3.63) is 45.5 Å². The second-order valence-corrected chi connectivity index (χ2v) is 6.81. The summed E-state index contributed by atoms with van der Waals surface area (Å²) in [7, 11) is 0. The molecule has 2 heterocycles. The average Bonchev–Trinajstić information content (AvgIpc) is 3.04. The van der Waals surface area contributed by atoms with Gasteiger partial charge in [0.2, 0.25) is 0 Å². The van der Waals surface area contributed by atoms with Gasteiger partial charge in [0.25, 0.3) is 0 Å². The number of ether oxygens (including phenoxy) is 1. The van der Waals surface area contributed by atoms with Gasteiger partial charge >= 0.3 is 5.97 Å². The summed E-state index contributed by atoms with van der Waals surface area (Å²) >= 11 is 4.77. The number of hydrogen-bond acceptors (Lipinski definition) is 5. The molecular formula is C16H13BrN2O3S. The Labute approximate surface area is 145 Å². The zero-order chi connectivity index (χ0) is 16.4. The van der Waals surface area contributed by atoms with E-state index in [1.165, 1.54) is 11.3 Å². The van der Waals surface area contributed by atoms with E-state index in [9.17, 15) is 9.59 Å². The van der Waals surface area contributed by atoms with Crippen LogP contribution in [-0.4, -0.2) is 28.2 Å². The number of hydrogen-bond donors (Lipinski definition) is 0. The first kappa shape index (κ1) is 15.9. The standard InChI is InChI=1S/C16H13BrN2O3S/c1-2-22-14(21)7-12-8-19-13(9-20)15(18-16(19)23-12)10-3-5-11(17)6-4-10/h3-6,8-9H,2,7H2,1H3. The van der Waals surface area contributed by atoms with E-state index >= 15 is 0 Å². The van der Waals surface area contributed by atoms with Gasteiger partial charge < -0.3 is 4.74 Å². The van der Waals surface area contributed by atoms with Crippen LogP contribution in [0.2, 0.25) is 0 Å². The van der Waals surface area contributed by atoms with E-state index in [2.05, 4.69) is 20.9 Å². The molecule has 0 atom stereocenters. The van der Waals surface area contributed by atoms with Crippen molar-refractivity contribution in [3.63, 3.8) is 0 Å². The highest BCUT2D eigenvalue weighted by Crippen LogP contribution is 2.28. The van der Waals surface area contributed by atoms with Gasteiger partial charge in [0.15, 0.2) is 11.2 Å². The molecule has 0 N–H and O–H groups in total. The Hall–Kier alpha value is -1.99. The fourth-order valence-corrected chi connectivity index (χ4v) is 3.51. The summed E-state index contributed by atoms with van der Waals surface area (Å²) in [6.07, 6.45) is 2.75. The molecule has 0 fully saturated rings. The Morgan fingerprint density at radius 1 is 1.39 bits per heavy atom. The van der Waals surface area contributed by atoms with Crippen molar-refractivity contribution in [2.45, 2.75) is 13.3 Å². The van der Waals surface area contributed by atoms with Crippen LogP contribution in [0.25, 0.3) is 16.2 Å². The zero-order valence-electron chi connectivity index (χ0n) is 12.3. The molecule has 3 rings (SSSR count). The number of aldehydes is 1. The topological polar surface area (TPSA) is 60.7 Å². The number of halogens is 1. The highest BCUT2D eigenvalue weighted by molar-refractivity contribution is 9.10. The molecule has 0 spiro atoms. The number of carbonyl (C=O) groups excluding carboxylic acids is 2. The molecule has 0 aliphatic rings. The van der Waals surface area contributed by atoms with E-state index in [0.29, 0.717) is 23.0 Å². The summed E-state index contributed by atoms with van der Waals surface area (Å²) in [5, 5.41) is 0. The number of fused-ring (bicyclic) bond motifs is 1. The van der Waals surface area contributed by atoms with Gasteiger partial charge in [0.05, 0.1) is 13.0 Å². The molecule has 2 aromatic heterocycles. The maximum atomic E-state index is 11.6. The van der Waals surface area contributed by atoms with Gasteiger partial charge in [-0.1, -0.05) is 28.1 Å². The summed E-state index contributed by atoms with van der Waals surface area (Å²) in [6.45, 7) is 2.13. The largest absolute Gasteiger partial charge is 0.466 e.